The topological polar surface area (TPSA) is 88.2 Å². The van der Waals surface area contributed by atoms with Crippen LogP contribution in [0.5, 0.6) is 5.75 Å². The van der Waals surface area contributed by atoms with E-state index in [9.17, 15) is 14.4 Å². The Labute approximate surface area is 172 Å². The van der Waals surface area contributed by atoms with E-state index in [1.54, 1.807) is 37.2 Å². The van der Waals surface area contributed by atoms with Gasteiger partial charge in [0.05, 0.1) is 12.1 Å². The first-order valence-corrected chi connectivity index (χ1v) is 9.65. The Bertz CT molecular complexity index is 787. The maximum atomic E-state index is 12.8. The number of ether oxygens (including phenoxy) is 2. The molecule has 8 heteroatoms. The molecule has 0 aromatic heterocycles. The Kier molecular flexibility index (Phi) is 6.77. The van der Waals surface area contributed by atoms with Crippen LogP contribution in [0.25, 0.3) is 0 Å². The molecule has 2 rings (SSSR count). The third-order valence-electron chi connectivity index (χ3n) is 4.51. The lowest BCUT2D eigenvalue weighted by Gasteiger charge is -2.35. The van der Waals surface area contributed by atoms with Crippen LogP contribution in [0, 0.1) is 5.92 Å². The van der Waals surface area contributed by atoms with E-state index in [2.05, 4.69) is 5.32 Å². The van der Waals surface area contributed by atoms with Crippen LogP contribution in [-0.4, -0.2) is 66.6 Å². The number of fused-ring (bicyclic) bond motifs is 1. The average molecular weight is 405 g/mol. The van der Waals surface area contributed by atoms with Gasteiger partial charge in [0, 0.05) is 39.2 Å². The molecule has 0 saturated carbocycles. The highest BCUT2D eigenvalue weighted by atomic mass is 16.6. The smallest absolute Gasteiger partial charge is 0.410 e. The number of hydrogen-bond acceptors (Lipinski definition) is 5. The van der Waals surface area contributed by atoms with Crippen molar-refractivity contribution in [2.45, 2.75) is 46.3 Å². The number of rotatable bonds is 3. The van der Waals surface area contributed by atoms with Gasteiger partial charge < -0.3 is 24.6 Å². The predicted octanol–water partition coefficient (Wildman–Crippen LogP) is 2.98. The second-order valence-electron chi connectivity index (χ2n) is 8.57. The van der Waals surface area contributed by atoms with E-state index >= 15 is 0 Å². The van der Waals surface area contributed by atoms with Gasteiger partial charge in [-0.3, -0.25) is 9.59 Å². The molecule has 0 aliphatic carbocycles. The summed E-state index contributed by atoms with van der Waals surface area (Å²) in [6.45, 7) is 9.62. The second-order valence-corrected chi connectivity index (χ2v) is 8.57. The van der Waals surface area contributed by atoms with E-state index in [4.69, 9.17) is 9.47 Å². The molecule has 8 nitrogen and oxygen atoms in total. The lowest BCUT2D eigenvalue weighted by atomic mass is 10.0. The third kappa shape index (κ3) is 6.10. The molecule has 0 unspecified atom stereocenters. The van der Waals surface area contributed by atoms with Crippen molar-refractivity contribution < 1.29 is 23.9 Å². The number of likely N-dealkylation sites (N-methyl/N-ethyl adjacent to an activating group) is 1. The number of hydrogen-bond donors (Lipinski definition) is 1. The summed E-state index contributed by atoms with van der Waals surface area (Å²) in [5.41, 5.74) is 0.311. The molecule has 1 aliphatic rings. The highest BCUT2D eigenvalue weighted by Crippen LogP contribution is 2.29. The van der Waals surface area contributed by atoms with Crippen LogP contribution < -0.4 is 10.1 Å². The van der Waals surface area contributed by atoms with Crippen molar-refractivity contribution in [3.63, 3.8) is 0 Å². The van der Waals surface area contributed by atoms with Crippen molar-refractivity contribution >= 4 is 23.6 Å². The fourth-order valence-corrected chi connectivity index (χ4v) is 3.10. The number of nitrogens with one attached hydrogen (secondary N) is 1. The SMILES string of the molecule is CC(=O)Nc1ccc2c(c1)C(=O)N(C)C[C@H](C)[C@H](CN(C)C(=O)OC(C)(C)C)O2. The maximum Gasteiger partial charge on any atom is 0.410 e. The molecule has 1 heterocycles. The van der Waals surface area contributed by atoms with Gasteiger partial charge in [0.2, 0.25) is 5.91 Å². The number of nitrogens with zero attached hydrogens (tertiary/aromatic N) is 2. The van der Waals surface area contributed by atoms with E-state index in [-0.39, 0.29) is 23.8 Å². The van der Waals surface area contributed by atoms with Crippen LogP contribution >= 0.6 is 0 Å². The summed E-state index contributed by atoms with van der Waals surface area (Å²) in [6, 6.07) is 4.97. The molecule has 0 spiro atoms. The zero-order valence-electron chi connectivity index (χ0n) is 18.2. The highest BCUT2D eigenvalue weighted by Gasteiger charge is 2.31. The minimum Gasteiger partial charge on any atom is -0.487 e. The minimum absolute atomic E-state index is 0.0167. The van der Waals surface area contributed by atoms with Crippen molar-refractivity contribution in [2.75, 3.05) is 32.5 Å². The summed E-state index contributed by atoms with van der Waals surface area (Å²) in [5.74, 6) is 0.00287. The first-order chi connectivity index (χ1) is 13.4. The molecule has 1 N–H and O–H groups in total. The molecule has 3 amide bonds. The molecular weight excluding hydrogens is 374 g/mol. The first-order valence-electron chi connectivity index (χ1n) is 9.65. The standard InChI is InChI=1S/C21H31N3O5/c1-13-11-23(6)19(26)16-10-15(22-14(2)25)8-9-17(16)28-18(13)12-24(7)20(27)29-21(3,4)5/h8-10,13,18H,11-12H2,1-7H3,(H,22,25)/t13-,18-/m0/s1. The molecule has 0 bridgehead atoms. The second kappa shape index (κ2) is 8.71. The number of carbonyl (C=O) groups excluding carboxylic acids is 3. The van der Waals surface area contributed by atoms with Crippen LogP contribution in [0.1, 0.15) is 45.0 Å². The van der Waals surface area contributed by atoms with Gasteiger partial charge >= 0.3 is 6.09 Å². The van der Waals surface area contributed by atoms with Gasteiger partial charge in [-0.1, -0.05) is 6.92 Å². The van der Waals surface area contributed by atoms with Crippen LogP contribution in [0.15, 0.2) is 18.2 Å². The van der Waals surface area contributed by atoms with Crippen molar-refractivity contribution in [2.24, 2.45) is 5.92 Å². The molecular formula is C21H31N3O5. The molecule has 0 radical (unpaired) electrons. The van der Waals surface area contributed by atoms with Crippen molar-refractivity contribution in [1.82, 2.24) is 9.80 Å². The molecule has 1 aromatic rings. The van der Waals surface area contributed by atoms with Crippen molar-refractivity contribution in [3.05, 3.63) is 23.8 Å². The largest absolute Gasteiger partial charge is 0.487 e. The van der Waals surface area contributed by atoms with Gasteiger partial charge in [0.25, 0.3) is 5.91 Å². The number of anilines is 1. The van der Waals surface area contributed by atoms with Gasteiger partial charge in [-0.2, -0.15) is 0 Å². The average Bonchev–Trinajstić information content (AvgIpc) is 2.58. The lowest BCUT2D eigenvalue weighted by Crippen LogP contribution is -2.47. The lowest BCUT2D eigenvalue weighted by molar-refractivity contribution is -0.114. The fraction of sp³-hybridized carbons (Fsp3) is 0.571. The van der Waals surface area contributed by atoms with E-state index in [1.807, 2.05) is 27.7 Å². The first kappa shape index (κ1) is 22.5. The molecule has 29 heavy (non-hydrogen) atoms. The summed E-state index contributed by atoms with van der Waals surface area (Å²) in [5, 5.41) is 2.68. The Morgan fingerprint density at radius 2 is 2.00 bits per heavy atom. The van der Waals surface area contributed by atoms with Gasteiger partial charge in [-0.25, -0.2) is 4.79 Å². The summed E-state index contributed by atoms with van der Waals surface area (Å²) in [6.07, 6.45) is -0.769. The number of carbonyl (C=O) groups is 3. The zero-order valence-corrected chi connectivity index (χ0v) is 18.2. The third-order valence-corrected chi connectivity index (χ3v) is 4.51. The Morgan fingerprint density at radius 1 is 1.34 bits per heavy atom. The summed E-state index contributed by atoms with van der Waals surface area (Å²) in [4.78, 5) is 39.6. The van der Waals surface area contributed by atoms with Gasteiger partial charge in [-0.05, 0) is 39.0 Å². The maximum absolute atomic E-state index is 12.8. The van der Waals surface area contributed by atoms with E-state index in [0.717, 1.165) is 0 Å². The normalized spacial score (nSPS) is 19.4. The zero-order chi connectivity index (χ0) is 21.9. The Balaban J connectivity index is 2.27. The quantitative estimate of drug-likeness (QED) is 0.835. The van der Waals surface area contributed by atoms with Crippen molar-refractivity contribution in [1.29, 1.82) is 0 Å². The molecule has 2 atom stereocenters. The summed E-state index contributed by atoms with van der Waals surface area (Å²) >= 11 is 0. The van der Waals surface area contributed by atoms with Crippen LogP contribution in [0.3, 0.4) is 0 Å². The van der Waals surface area contributed by atoms with Gasteiger partial charge in [0.15, 0.2) is 0 Å². The monoisotopic (exact) mass is 405 g/mol. The predicted molar refractivity (Wildman–Crippen MR) is 110 cm³/mol. The van der Waals surface area contributed by atoms with Crippen molar-refractivity contribution in [3.8, 4) is 5.75 Å². The van der Waals surface area contributed by atoms with Crippen LogP contribution in [0.2, 0.25) is 0 Å². The molecule has 0 saturated heterocycles. The van der Waals surface area contributed by atoms with E-state index in [1.165, 1.54) is 11.8 Å². The number of benzene rings is 1. The van der Waals surface area contributed by atoms with E-state index in [0.29, 0.717) is 30.1 Å². The van der Waals surface area contributed by atoms with Gasteiger partial charge in [-0.15, -0.1) is 0 Å². The molecule has 0 fully saturated rings. The summed E-state index contributed by atoms with van der Waals surface area (Å²) < 4.78 is 11.6. The van der Waals surface area contributed by atoms with Crippen LogP contribution in [0.4, 0.5) is 10.5 Å². The van der Waals surface area contributed by atoms with Crippen LogP contribution in [-0.2, 0) is 9.53 Å². The van der Waals surface area contributed by atoms with E-state index < -0.39 is 11.7 Å². The molecule has 1 aliphatic heterocycles. The number of amides is 3. The summed E-state index contributed by atoms with van der Waals surface area (Å²) in [7, 11) is 3.40. The highest BCUT2D eigenvalue weighted by molar-refractivity contribution is 5.99. The molecule has 1 aromatic carbocycles. The fourth-order valence-electron chi connectivity index (χ4n) is 3.10. The van der Waals surface area contributed by atoms with Gasteiger partial charge in [0.1, 0.15) is 17.5 Å². The Hall–Kier alpha value is -2.77. The Morgan fingerprint density at radius 3 is 2.59 bits per heavy atom. The minimum atomic E-state index is -0.585. The molecule has 160 valence electrons.